The number of carbonyl (C=O) groups excluding carboxylic acids is 1. The summed E-state index contributed by atoms with van der Waals surface area (Å²) in [6.07, 6.45) is 6.82. The molecule has 23 heavy (non-hydrogen) atoms. The van der Waals surface area contributed by atoms with Gasteiger partial charge in [0.2, 0.25) is 5.91 Å². The van der Waals surface area contributed by atoms with E-state index in [2.05, 4.69) is 36.1 Å². The predicted octanol–water partition coefficient (Wildman–Crippen LogP) is 2.29. The Hall–Kier alpha value is -1.36. The molecular weight excluding hydrogens is 288 g/mol. The third-order valence-electron chi connectivity index (χ3n) is 4.76. The molecule has 1 aliphatic heterocycles. The van der Waals surface area contributed by atoms with E-state index in [1.807, 2.05) is 17.9 Å². The first-order valence-corrected chi connectivity index (χ1v) is 8.95. The second kappa shape index (κ2) is 8.48. The molecule has 1 saturated heterocycles. The van der Waals surface area contributed by atoms with Gasteiger partial charge in [-0.3, -0.25) is 9.48 Å². The molecule has 5 heteroatoms. The van der Waals surface area contributed by atoms with Crippen LogP contribution >= 0.6 is 0 Å². The highest BCUT2D eigenvalue weighted by Crippen LogP contribution is 2.13. The summed E-state index contributed by atoms with van der Waals surface area (Å²) < 4.78 is 1.86. The van der Waals surface area contributed by atoms with Crippen LogP contribution in [0.5, 0.6) is 0 Å². The molecule has 1 atom stereocenters. The van der Waals surface area contributed by atoms with Gasteiger partial charge in [-0.1, -0.05) is 13.8 Å². The van der Waals surface area contributed by atoms with Gasteiger partial charge < -0.3 is 10.2 Å². The zero-order valence-electron chi connectivity index (χ0n) is 15.1. The lowest BCUT2D eigenvalue weighted by Gasteiger charge is -2.26. The Kier molecular flexibility index (Phi) is 6.63. The minimum Gasteiger partial charge on any atom is -0.352 e. The maximum Gasteiger partial charge on any atom is 0.220 e. The van der Waals surface area contributed by atoms with Gasteiger partial charge in [0.1, 0.15) is 0 Å². The first kappa shape index (κ1) is 18.0. The fraction of sp³-hybridized carbons (Fsp3) is 0.778. The molecular formula is C18H32N4O. The predicted molar refractivity (Wildman–Crippen MR) is 93.3 cm³/mol. The van der Waals surface area contributed by atoms with Gasteiger partial charge in [-0.25, -0.2) is 0 Å². The summed E-state index contributed by atoms with van der Waals surface area (Å²) in [6.45, 7) is 9.86. The van der Waals surface area contributed by atoms with Crippen molar-refractivity contribution < 1.29 is 4.79 Å². The van der Waals surface area contributed by atoms with Crippen molar-refractivity contribution in [2.24, 2.45) is 13.0 Å². The van der Waals surface area contributed by atoms with Crippen LogP contribution in [0.25, 0.3) is 0 Å². The molecule has 5 nitrogen and oxygen atoms in total. The molecule has 1 aliphatic rings. The minimum atomic E-state index is 0.165. The first-order valence-electron chi connectivity index (χ1n) is 8.95. The van der Waals surface area contributed by atoms with Crippen LogP contribution in [0.2, 0.25) is 0 Å². The van der Waals surface area contributed by atoms with Crippen molar-refractivity contribution in [2.75, 3.05) is 19.6 Å². The Labute approximate surface area is 140 Å². The summed E-state index contributed by atoms with van der Waals surface area (Å²) in [6, 6.07) is 0.274. The highest BCUT2D eigenvalue weighted by atomic mass is 16.1. The highest BCUT2D eigenvalue weighted by molar-refractivity contribution is 5.76. The smallest absolute Gasteiger partial charge is 0.220 e. The number of amides is 1. The molecule has 2 rings (SSSR count). The largest absolute Gasteiger partial charge is 0.352 e. The van der Waals surface area contributed by atoms with Crippen LogP contribution in [0, 0.1) is 12.8 Å². The van der Waals surface area contributed by atoms with Crippen molar-refractivity contribution >= 4 is 5.91 Å². The molecule has 0 aliphatic carbocycles. The fourth-order valence-corrected chi connectivity index (χ4v) is 3.36. The lowest BCUT2D eigenvalue weighted by atomic mass is 10.0. The Balaban J connectivity index is 1.82. The number of nitrogens with one attached hydrogen (secondary N) is 1. The van der Waals surface area contributed by atoms with E-state index < -0.39 is 0 Å². The van der Waals surface area contributed by atoms with Crippen LogP contribution in [0.4, 0.5) is 0 Å². The van der Waals surface area contributed by atoms with Crippen LogP contribution in [0.1, 0.15) is 50.8 Å². The molecule has 1 fully saturated rings. The molecule has 2 heterocycles. The van der Waals surface area contributed by atoms with E-state index in [-0.39, 0.29) is 11.9 Å². The van der Waals surface area contributed by atoms with Gasteiger partial charge in [0.15, 0.2) is 0 Å². The van der Waals surface area contributed by atoms with Gasteiger partial charge in [-0.05, 0) is 57.2 Å². The van der Waals surface area contributed by atoms with Crippen molar-refractivity contribution in [1.82, 2.24) is 20.0 Å². The lowest BCUT2D eigenvalue weighted by molar-refractivity contribution is -0.122. The van der Waals surface area contributed by atoms with E-state index in [1.54, 1.807) is 0 Å². The van der Waals surface area contributed by atoms with Gasteiger partial charge in [0.25, 0.3) is 0 Å². The van der Waals surface area contributed by atoms with Crippen LogP contribution in [-0.4, -0.2) is 46.3 Å². The third-order valence-corrected chi connectivity index (χ3v) is 4.76. The Morgan fingerprint density at radius 1 is 1.35 bits per heavy atom. The van der Waals surface area contributed by atoms with Crippen LogP contribution in [-0.2, 0) is 18.3 Å². The van der Waals surface area contributed by atoms with E-state index in [4.69, 9.17) is 0 Å². The molecule has 1 amide bonds. The normalized spacial score (nSPS) is 16.9. The molecule has 0 radical (unpaired) electrons. The van der Waals surface area contributed by atoms with Gasteiger partial charge in [0, 0.05) is 31.7 Å². The molecule has 0 bridgehead atoms. The zero-order valence-corrected chi connectivity index (χ0v) is 15.1. The van der Waals surface area contributed by atoms with Crippen LogP contribution < -0.4 is 5.32 Å². The van der Waals surface area contributed by atoms with Gasteiger partial charge >= 0.3 is 0 Å². The number of carbonyl (C=O) groups is 1. The van der Waals surface area contributed by atoms with E-state index in [0.717, 1.165) is 25.1 Å². The van der Waals surface area contributed by atoms with Crippen molar-refractivity contribution in [2.45, 2.75) is 58.9 Å². The molecule has 1 aromatic heterocycles. The summed E-state index contributed by atoms with van der Waals surface area (Å²) in [5, 5.41) is 7.51. The number of aryl methyl sites for hydroxylation is 2. The maximum absolute atomic E-state index is 12.3. The molecule has 0 aromatic carbocycles. The fourth-order valence-electron chi connectivity index (χ4n) is 3.36. The topological polar surface area (TPSA) is 50.2 Å². The summed E-state index contributed by atoms with van der Waals surface area (Å²) in [4.78, 5) is 14.8. The molecule has 1 aromatic rings. The summed E-state index contributed by atoms with van der Waals surface area (Å²) in [5.41, 5.74) is 2.32. The monoisotopic (exact) mass is 320 g/mol. The summed E-state index contributed by atoms with van der Waals surface area (Å²) >= 11 is 0. The second-order valence-corrected chi connectivity index (χ2v) is 7.28. The van der Waals surface area contributed by atoms with Crippen molar-refractivity contribution in [3.8, 4) is 0 Å². The standard InChI is InChI=1S/C18H32N4O/c1-14(2)11-17(13-22-9-5-6-10-22)20-18(23)8-7-16-12-19-21(4)15(16)3/h12,14,17H,5-11,13H2,1-4H3,(H,20,23)/t17-/m0/s1. The quantitative estimate of drug-likeness (QED) is 0.799. The van der Waals surface area contributed by atoms with E-state index >= 15 is 0 Å². The number of aromatic nitrogens is 2. The molecule has 0 spiro atoms. The van der Waals surface area contributed by atoms with Crippen LogP contribution in [0.15, 0.2) is 6.20 Å². The molecule has 0 saturated carbocycles. The lowest BCUT2D eigenvalue weighted by Crippen LogP contribution is -2.43. The molecule has 0 unspecified atom stereocenters. The Morgan fingerprint density at radius 3 is 2.61 bits per heavy atom. The number of hydrogen-bond acceptors (Lipinski definition) is 3. The third kappa shape index (κ3) is 5.65. The maximum atomic E-state index is 12.3. The molecule has 130 valence electrons. The zero-order chi connectivity index (χ0) is 16.8. The minimum absolute atomic E-state index is 0.165. The van der Waals surface area contributed by atoms with Crippen molar-refractivity contribution in [3.63, 3.8) is 0 Å². The Bertz CT molecular complexity index is 503. The first-order chi connectivity index (χ1) is 11.0. The van der Waals surface area contributed by atoms with E-state index in [1.165, 1.54) is 31.5 Å². The second-order valence-electron chi connectivity index (χ2n) is 7.28. The van der Waals surface area contributed by atoms with Gasteiger partial charge in [0.05, 0.1) is 6.20 Å². The summed E-state index contributed by atoms with van der Waals surface area (Å²) in [5.74, 6) is 0.765. The van der Waals surface area contributed by atoms with Crippen molar-refractivity contribution in [1.29, 1.82) is 0 Å². The average molecular weight is 320 g/mol. The Morgan fingerprint density at radius 2 is 2.04 bits per heavy atom. The highest BCUT2D eigenvalue weighted by Gasteiger charge is 2.20. The van der Waals surface area contributed by atoms with E-state index in [9.17, 15) is 4.79 Å². The van der Waals surface area contributed by atoms with E-state index in [0.29, 0.717) is 12.3 Å². The summed E-state index contributed by atoms with van der Waals surface area (Å²) in [7, 11) is 1.94. The number of likely N-dealkylation sites (tertiary alicyclic amines) is 1. The molecule has 1 N–H and O–H groups in total. The van der Waals surface area contributed by atoms with Gasteiger partial charge in [-0.15, -0.1) is 0 Å². The number of rotatable bonds is 8. The SMILES string of the molecule is Cc1c(CCC(=O)N[C@@H](CC(C)C)CN2CCCC2)cnn1C. The number of nitrogens with zero attached hydrogens (tertiary/aromatic N) is 3. The average Bonchev–Trinajstić information content (AvgIpc) is 3.08. The van der Waals surface area contributed by atoms with Crippen LogP contribution in [0.3, 0.4) is 0 Å². The van der Waals surface area contributed by atoms with Gasteiger partial charge in [-0.2, -0.15) is 5.10 Å². The van der Waals surface area contributed by atoms with Crippen molar-refractivity contribution in [3.05, 3.63) is 17.5 Å². The number of hydrogen-bond donors (Lipinski definition) is 1.